The highest BCUT2D eigenvalue weighted by Gasteiger charge is 2.37. The van der Waals surface area contributed by atoms with Crippen molar-refractivity contribution in [2.24, 2.45) is 5.92 Å². The minimum absolute atomic E-state index is 0.0841. The molecule has 0 aliphatic rings. The molecule has 2 unspecified atom stereocenters. The summed E-state index contributed by atoms with van der Waals surface area (Å²) in [6.45, 7) is 6.50. The maximum Gasteiger partial charge on any atom is 0.319 e. The lowest BCUT2D eigenvalue weighted by Gasteiger charge is -2.28. The molecule has 0 saturated heterocycles. The summed E-state index contributed by atoms with van der Waals surface area (Å²) in [6.07, 6.45) is 0. The Balaban J connectivity index is 2.03. The third kappa shape index (κ3) is 5.43. The smallest absolute Gasteiger partial charge is 0.319 e. The Bertz CT molecular complexity index is 1090. The van der Waals surface area contributed by atoms with Crippen LogP contribution in [0.5, 0.6) is 0 Å². The number of aromatic nitrogens is 1. The van der Waals surface area contributed by atoms with E-state index in [9.17, 15) is 19.7 Å². The number of carbonyl (C=O) groups is 2. The standard InChI is InChI=1S/C22H23N3O5S/c1-13(26)18(20(27)30-22(2,3)4)19(14-9-11-15(12-10-14)25(28)29)24-21-23-16-7-5-6-8-17(16)31-21/h5-12,18-19H,1-4H3,(H,23,24). The van der Waals surface area contributed by atoms with Gasteiger partial charge in [-0.2, -0.15) is 0 Å². The number of nitrogens with one attached hydrogen (secondary N) is 1. The van der Waals surface area contributed by atoms with E-state index in [0.29, 0.717) is 10.7 Å². The number of nitrogens with zero attached hydrogens (tertiary/aromatic N) is 2. The number of esters is 1. The summed E-state index contributed by atoms with van der Waals surface area (Å²) in [5.41, 5.74) is 0.463. The number of para-hydroxylation sites is 1. The number of hydrogen-bond donors (Lipinski definition) is 1. The first-order chi connectivity index (χ1) is 14.5. The van der Waals surface area contributed by atoms with Gasteiger partial charge in [-0.1, -0.05) is 35.6 Å². The van der Waals surface area contributed by atoms with E-state index in [0.717, 1.165) is 10.2 Å². The molecule has 3 rings (SSSR count). The van der Waals surface area contributed by atoms with Crippen LogP contribution in [0.3, 0.4) is 0 Å². The molecule has 0 bridgehead atoms. The van der Waals surface area contributed by atoms with Gasteiger partial charge >= 0.3 is 5.97 Å². The van der Waals surface area contributed by atoms with Crippen molar-refractivity contribution in [3.8, 4) is 0 Å². The minimum Gasteiger partial charge on any atom is -0.459 e. The molecule has 31 heavy (non-hydrogen) atoms. The van der Waals surface area contributed by atoms with E-state index >= 15 is 0 Å². The number of hydrogen-bond acceptors (Lipinski definition) is 8. The lowest BCUT2D eigenvalue weighted by atomic mass is 9.89. The number of ether oxygens (including phenoxy) is 1. The van der Waals surface area contributed by atoms with Gasteiger partial charge in [0.05, 0.1) is 21.2 Å². The van der Waals surface area contributed by atoms with Gasteiger partial charge in [0.2, 0.25) is 0 Å². The van der Waals surface area contributed by atoms with Crippen LogP contribution >= 0.6 is 11.3 Å². The van der Waals surface area contributed by atoms with Crippen molar-refractivity contribution in [1.82, 2.24) is 4.98 Å². The highest BCUT2D eigenvalue weighted by atomic mass is 32.1. The van der Waals surface area contributed by atoms with E-state index in [-0.39, 0.29) is 11.5 Å². The predicted molar refractivity (Wildman–Crippen MR) is 119 cm³/mol. The lowest BCUT2D eigenvalue weighted by Crippen LogP contribution is -2.38. The fourth-order valence-corrected chi connectivity index (χ4v) is 4.03. The molecule has 1 N–H and O–H groups in total. The van der Waals surface area contributed by atoms with E-state index in [4.69, 9.17) is 4.74 Å². The highest BCUT2D eigenvalue weighted by Crippen LogP contribution is 2.34. The maximum atomic E-state index is 12.9. The molecule has 0 amide bonds. The molecule has 1 aromatic heterocycles. The third-order valence-electron chi connectivity index (χ3n) is 4.47. The molecule has 0 aliphatic carbocycles. The quantitative estimate of drug-likeness (QED) is 0.240. The maximum absolute atomic E-state index is 12.9. The topological polar surface area (TPSA) is 111 Å². The number of Topliss-reactive ketones (excluding diaryl/α,β-unsaturated/α-hetero) is 1. The van der Waals surface area contributed by atoms with Gasteiger partial charge in [-0.15, -0.1) is 0 Å². The molecule has 0 fully saturated rings. The first kappa shape index (κ1) is 22.4. The van der Waals surface area contributed by atoms with Gasteiger partial charge in [-0.3, -0.25) is 19.7 Å². The number of non-ortho nitro benzene ring substituents is 1. The van der Waals surface area contributed by atoms with Gasteiger partial charge in [0, 0.05) is 12.1 Å². The zero-order chi connectivity index (χ0) is 22.8. The first-order valence-electron chi connectivity index (χ1n) is 9.65. The molecular weight excluding hydrogens is 418 g/mol. The van der Waals surface area contributed by atoms with Gasteiger partial charge in [0.1, 0.15) is 17.3 Å². The van der Waals surface area contributed by atoms with Gasteiger partial charge in [-0.25, -0.2) is 4.98 Å². The summed E-state index contributed by atoms with van der Waals surface area (Å²) < 4.78 is 6.45. The summed E-state index contributed by atoms with van der Waals surface area (Å²) in [5, 5.41) is 14.8. The molecular formula is C22H23N3O5S. The second-order valence-electron chi connectivity index (χ2n) is 8.08. The number of anilines is 1. The summed E-state index contributed by atoms with van der Waals surface area (Å²) in [6, 6.07) is 12.5. The number of nitro groups is 1. The Morgan fingerprint density at radius 1 is 1.13 bits per heavy atom. The van der Waals surface area contributed by atoms with Gasteiger partial charge in [-0.05, 0) is 45.4 Å². The molecule has 3 aromatic rings. The number of rotatable bonds is 7. The van der Waals surface area contributed by atoms with E-state index in [1.807, 2.05) is 24.3 Å². The van der Waals surface area contributed by atoms with Crippen LogP contribution in [0.15, 0.2) is 48.5 Å². The number of fused-ring (bicyclic) bond motifs is 1. The Kier molecular flexibility index (Phi) is 6.35. The Morgan fingerprint density at radius 2 is 1.77 bits per heavy atom. The third-order valence-corrected chi connectivity index (χ3v) is 5.44. The molecule has 0 aliphatic heterocycles. The second kappa shape index (κ2) is 8.81. The number of thiazole rings is 1. The van der Waals surface area contributed by atoms with Crippen molar-refractivity contribution in [1.29, 1.82) is 0 Å². The van der Waals surface area contributed by atoms with Crippen molar-refractivity contribution < 1.29 is 19.2 Å². The van der Waals surface area contributed by atoms with Crippen molar-refractivity contribution in [3.63, 3.8) is 0 Å². The summed E-state index contributed by atoms with van der Waals surface area (Å²) >= 11 is 1.39. The summed E-state index contributed by atoms with van der Waals surface area (Å²) in [5.74, 6) is -2.21. The molecule has 1 heterocycles. The van der Waals surface area contributed by atoms with E-state index in [2.05, 4.69) is 10.3 Å². The molecule has 8 nitrogen and oxygen atoms in total. The first-order valence-corrected chi connectivity index (χ1v) is 10.5. The lowest BCUT2D eigenvalue weighted by molar-refractivity contribution is -0.384. The number of benzene rings is 2. The monoisotopic (exact) mass is 441 g/mol. The van der Waals surface area contributed by atoms with Crippen molar-refractivity contribution in [2.45, 2.75) is 39.3 Å². The van der Waals surface area contributed by atoms with Gasteiger partial charge in [0.25, 0.3) is 5.69 Å². The van der Waals surface area contributed by atoms with Crippen LogP contribution < -0.4 is 5.32 Å². The Morgan fingerprint density at radius 3 is 2.32 bits per heavy atom. The zero-order valence-electron chi connectivity index (χ0n) is 17.6. The second-order valence-corrected chi connectivity index (χ2v) is 9.11. The average molecular weight is 442 g/mol. The van der Waals surface area contributed by atoms with Crippen LogP contribution in [0, 0.1) is 16.0 Å². The number of nitro benzene ring substituents is 1. The van der Waals surface area contributed by atoms with E-state index < -0.39 is 28.5 Å². The van der Waals surface area contributed by atoms with Crippen LogP contribution in [0.25, 0.3) is 10.2 Å². The predicted octanol–water partition coefficient (Wildman–Crippen LogP) is 4.90. The van der Waals surface area contributed by atoms with Gasteiger partial charge < -0.3 is 10.1 Å². The minimum atomic E-state index is -1.16. The molecule has 162 valence electrons. The van der Waals surface area contributed by atoms with Crippen LogP contribution in [0.2, 0.25) is 0 Å². The van der Waals surface area contributed by atoms with E-state index in [1.165, 1.54) is 42.5 Å². The van der Waals surface area contributed by atoms with Crippen LogP contribution in [-0.4, -0.2) is 27.3 Å². The molecule has 0 spiro atoms. The van der Waals surface area contributed by atoms with Crippen molar-refractivity contribution in [2.75, 3.05) is 5.32 Å². The molecule has 2 atom stereocenters. The van der Waals surface area contributed by atoms with Crippen LogP contribution in [0.1, 0.15) is 39.3 Å². The average Bonchev–Trinajstić information content (AvgIpc) is 3.08. The fraction of sp³-hybridized carbons (Fsp3) is 0.318. The van der Waals surface area contributed by atoms with Crippen LogP contribution in [-0.2, 0) is 14.3 Å². The molecule has 9 heteroatoms. The van der Waals surface area contributed by atoms with Crippen LogP contribution in [0.4, 0.5) is 10.8 Å². The summed E-state index contributed by atoms with van der Waals surface area (Å²) in [7, 11) is 0. The largest absolute Gasteiger partial charge is 0.459 e. The van der Waals surface area contributed by atoms with E-state index in [1.54, 1.807) is 20.8 Å². The molecule has 2 aromatic carbocycles. The highest BCUT2D eigenvalue weighted by molar-refractivity contribution is 7.22. The Labute approximate surface area is 183 Å². The van der Waals surface area contributed by atoms with Gasteiger partial charge in [0.15, 0.2) is 5.13 Å². The number of carbonyl (C=O) groups excluding carboxylic acids is 2. The SMILES string of the molecule is CC(=O)C(C(=O)OC(C)(C)C)C(Nc1nc2ccccc2s1)c1ccc([N+](=O)[O-])cc1. The summed E-state index contributed by atoms with van der Waals surface area (Å²) in [4.78, 5) is 40.6. The number of ketones is 1. The molecule has 0 radical (unpaired) electrons. The van der Waals surface area contributed by atoms with Crippen molar-refractivity contribution in [3.05, 3.63) is 64.2 Å². The fourth-order valence-electron chi connectivity index (χ4n) is 3.13. The molecule has 0 saturated carbocycles. The Hall–Kier alpha value is -3.33. The van der Waals surface area contributed by atoms with Crippen molar-refractivity contribution >= 4 is 44.1 Å². The normalized spacial score (nSPS) is 13.4. The zero-order valence-corrected chi connectivity index (χ0v) is 18.4.